The zero-order valence-corrected chi connectivity index (χ0v) is 19.8. The number of fused-ring (bicyclic) bond motifs is 1. The summed E-state index contributed by atoms with van der Waals surface area (Å²) in [6.07, 6.45) is 4.96. The van der Waals surface area contributed by atoms with Crippen molar-refractivity contribution in [1.29, 1.82) is 0 Å². The van der Waals surface area contributed by atoms with Gasteiger partial charge in [-0.25, -0.2) is 28.7 Å². The highest BCUT2D eigenvalue weighted by atomic mass is 19.1. The molecule has 5 rings (SSSR count). The third-order valence-corrected chi connectivity index (χ3v) is 6.34. The van der Waals surface area contributed by atoms with Crippen LogP contribution in [-0.4, -0.2) is 50.0 Å². The number of benzene rings is 1. The summed E-state index contributed by atoms with van der Waals surface area (Å²) in [4.78, 5) is 18.7. The van der Waals surface area contributed by atoms with Crippen molar-refractivity contribution in [2.24, 2.45) is 0 Å². The van der Waals surface area contributed by atoms with Gasteiger partial charge in [0.2, 0.25) is 0 Å². The number of hydrogen-bond donors (Lipinski definition) is 0. The zero-order chi connectivity index (χ0) is 24.5. The van der Waals surface area contributed by atoms with Gasteiger partial charge in [-0.1, -0.05) is 0 Å². The molecule has 4 aromatic rings. The van der Waals surface area contributed by atoms with Crippen LogP contribution in [0.1, 0.15) is 47.6 Å². The van der Waals surface area contributed by atoms with Gasteiger partial charge in [-0.2, -0.15) is 5.10 Å². The van der Waals surface area contributed by atoms with E-state index in [-0.39, 0.29) is 17.6 Å². The van der Waals surface area contributed by atoms with Gasteiger partial charge in [0.25, 0.3) is 0 Å². The maximum atomic E-state index is 14.8. The number of aryl methyl sites for hydroxylation is 2. The molecule has 182 valence electrons. The van der Waals surface area contributed by atoms with Gasteiger partial charge in [-0.15, -0.1) is 0 Å². The molecule has 0 saturated carbocycles. The normalized spacial score (nSPS) is 18.3. The minimum Gasteiger partial charge on any atom is -0.383 e. The third kappa shape index (κ3) is 4.76. The van der Waals surface area contributed by atoms with Crippen molar-refractivity contribution >= 4 is 11.2 Å². The van der Waals surface area contributed by atoms with Gasteiger partial charge in [0.15, 0.2) is 5.65 Å². The molecule has 1 aromatic carbocycles. The first kappa shape index (κ1) is 23.4. The van der Waals surface area contributed by atoms with Crippen LogP contribution >= 0.6 is 0 Å². The molecular weight excluding hydrogens is 454 g/mol. The Balaban J connectivity index is 1.53. The molecule has 0 bridgehead atoms. The van der Waals surface area contributed by atoms with Crippen molar-refractivity contribution < 1.29 is 18.3 Å². The molecule has 0 N–H and O–H groups in total. The Bertz CT molecular complexity index is 1380. The highest BCUT2D eigenvalue weighted by Gasteiger charge is 2.29. The van der Waals surface area contributed by atoms with E-state index in [4.69, 9.17) is 19.4 Å². The van der Waals surface area contributed by atoms with E-state index in [1.807, 2.05) is 24.7 Å². The molecule has 0 spiro atoms. The van der Waals surface area contributed by atoms with Crippen LogP contribution in [0.15, 0.2) is 30.6 Å². The van der Waals surface area contributed by atoms with Crippen LogP contribution in [0.5, 0.6) is 0 Å². The Morgan fingerprint density at radius 1 is 1.11 bits per heavy atom. The average Bonchev–Trinajstić information content (AvgIpc) is 3.32. The molecule has 4 heterocycles. The number of halogens is 2. The van der Waals surface area contributed by atoms with Crippen LogP contribution in [0, 0.1) is 25.5 Å². The lowest BCUT2D eigenvalue weighted by Crippen LogP contribution is -2.20. The van der Waals surface area contributed by atoms with E-state index in [0.29, 0.717) is 61.0 Å². The van der Waals surface area contributed by atoms with Crippen molar-refractivity contribution in [3.8, 4) is 11.3 Å². The molecule has 1 aliphatic rings. The molecule has 3 aromatic heterocycles. The molecule has 0 radical (unpaired) electrons. The van der Waals surface area contributed by atoms with Crippen LogP contribution in [0.4, 0.5) is 8.78 Å². The first-order valence-corrected chi connectivity index (χ1v) is 11.5. The Labute approximate surface area is 201 Å². The van der Waals surface area contributed by atoms with Crippen LogP contribution in [0.3, 0.4) is 0 Å². The smallest absolute Gasteiger partial charge is 0.182 e. The predicted molar refractivity (Wildman–Crippen MR) is 125 cm³/mol. The second-order valence-corrected chi connectivity index (χ2v) is 8.73. The van der Waals surface area contributed by atoms with E-state index < -0.39 is 11.6 Å². The molecule has 8 nitrogen and oxygen atoms in total. The van der Waals surface area contributed by atoms with Crippen molar-refractivity contribution in [3.63, 3.8) is 0 Å². The van der Waals surface area contributed by atoms with Crippen LogP contribution in [0.25, 0.3) is 22.4 Å². The van der Waals surface area contributed by atoms with E-state index in [1.165, 1.54) is 12.1 Å². The first-order chi connectivity index (χ1) is 16.9. The lowest BCUT2D eigenvalue weighted by atomic mass is 9.92. The van der Waals surface area contributed by atoms with Crippen LogP contribution in [-0.2, 0) is 16.0 Å². The first-order valence-electron chi connectivity index (χ1n) is 11.5. The van der Waals surface area contributed by atoms with Gasteiger partial charge in [0.1, 0.15) is 28.7 Å². The summed E-state index contributed by atoms with van der Waals surface area (Å²) in [5, 5.41) is 4.39. The van der Waals surface area contributed by atoms with E-state index in [0.717, 1.165) is 17.3 Å². The Morgan fingerprint density at radius 3 is 2.74 bits per heavy atom. The minimum atomic E-state index is -0.704. The fraction of sp³-hybridized carbons (Fsp3) is 0.400. The topological polar surface area (TPSA) is 87.8 Å². The number of nitrogens with zero attached hydrogens (tertiary/aromatic N) is 6. The predicted octanol–water partition coefficient (Wildman–Crippen LogP) is 4.46. The highest BCUT2D eigenvalue weighted by Crippen LogP contribution is 2.38. The summed E-state index contributed by atoms with van der Waals surface area (Å²) in [7, 11) is 1.65. The second kappa shape index (κ2) is 9.71. The average molecular weight is 481 g/mol. The summed E-state index contributed by atoms with van der Waals surface area (Å²) in [5.74, 6) is -0.842. The zero-order valence-electron chi connectivity index (χ0n) is 19.8. The van der Waals surface area contributed by atoms with E-state index >= 15 is 0 Å². The summed E-state index contributed by atoms with van der Waals surface area (Å²) >= 11 is 0. The minimum absolute atomic E-state index is 0.0360. The van der Waals surface area contributed by atoms with E-state index in [2.05, 4.69) is 15.1 Å². The van der Waals surface area contributed by atoms with Gasteiger partial charge < -0.3 is 9.47 Å². The van der Waals surface area contributed by atoms with E-state index in [1.54, 1.807) is 13.3 Å². The largest absolute Gasteiger partial charge is 0.383 e. The fourth-order valence-corrected chi connectivity index (χ4v) is 4.30. The molecule has 2 atom stereocenters. The SMILES string of the molecule is COCCn1cc(C2CC(c3nc(-c4ccc(F)cc4F)c4nc(C)c(C)nc4n3)CCO2)cn1. The highest BCUT2D eigenvalue weighted by molar-refractivity contribution is 5.87. The molecule has 1 saturated heterocycles. The maximum Gasteiger partial charge on any atom is 0.182 e. The molecule has 0 aliphatic carbocycles. The second-order valence-electron chi connectivity index (χ2n) is 8.73. The Kier molecular flexibility index (Phi) is 6.48. The Morgan fingerprint density at radius 2 is 1.94 bits per heavy atom. The summed E-state index contributed by atoms with van der Waals surface area (Å²) in [5.41, 5.74) is 3.68. The summed E-state index contributed by atoms with van der Waals surface area (Å²) in [6.45, 7) is 5.44. The summed E-state index contributed by atoms with van der Waals surface area (Å²) < 4.78 is 41.4. The standard InChI is InChI=1S/C25H26F2N6O2/c1-14-15(2)30-25-23(29-14)22(19-5-4-18(26)11-20(19)27)31-24(32-25)16-6-8-35-21(10-16)17-12-28-33(13-17)7-9-34-3/h4-5,11-13,16,21H,6-10H2,1-3H3. The lowest BCUT2D eigenvalue weighted by Gasteiger charge is -2.28. The van der Waals surface area contributed by atoms with Crippen LogP contribution in [0.2, 0.25) is 0 Å². The van der Waals surface area contributed by atoms with E-state index in [9.17, 15) is 8.78 Å². The molecular formula is C25H26F2N6O2. The van der Waals surface area contributed by atoms with Gasteiger partial charge >= 0.3 is 0 Å². The number of ether oxygens (including phenoxy) is 2. The lowest BCUT2D eigenvalue weighted by molar-refractivity contribution is 0.00394. The summed E-state index contributed by atoms with van der Waals surface area (Å²) in [6, 6.07) is 3.45. The van der Waals surface area contributed by atoms with Gasteiger partial charge in [0, 0.05) is 43.0 Å². The molecule has 1 aliphatic heterocycles. The molecule has 0 amide bonds. The number of aromatic nitrogens is 6. The third-order valence-electron chi connectivity index (χ3n) is 6.34. The molecule has 2 unspecified atom stereocenters. The quantitative estimate of drug-likeness (QED) is 0.403. The van der Waals surface area contributed by atoms with Crippen molar-refractivity contribution in [2.75, 3.05) is 20.3 Å². The fourth-order valence-electron chi connectivity index (χ4n) is 4.30. The number of hydrogen-bond acceptors (Lipinski definition) is 7. The van der Waals surface area contributed by atoms with Crippen LogP contribution < -0.4 is 0 Å². The maximum absolute atomic E-state index is 14.8. The monoisotopic (exact) mass is 480 g/mol. The van der Waals surface area contributed by atoms with Crippen molar-refractivity contribution in [1.82, 2.24) is 29.7 Å². The molecule has 10 heteroatoms. The van der Waals surface area contributed by atoms with Crippen molar-refractivity contribution in [3.05, 3.63) is 65.0 Å². The van der Waals surface area contributed by atoms with Gasteiger partial charge in [-0.05, 0) is 38.8 Å². The van der Waals surface area contributed by atoms with Crippen molar-refractivity contribution in [2.45, 2.75) is 45.3 Å². The van der Waals surface area contributed by atoms with Gasteiger partial charge in [-0.3, -0.25) is 4.68 Å². The molecule has 1 fully saturated rings. The Hall–Kier alpha value is -3.37. The number of methoxy groups -OCH3 is 1. The van der Waals surface area contributed by atoms with Gasteiger partial charge in [0.05, 0.1) is 36.8 Å². The molecule has 35 heavy (non-hydrogen) atoms. The number of rotatable bonds is 6.